The quantitative estimate of drug-likeness (QED) is 0.191. The van der Waals surface area contributed by atoms with Crippen LogP contribution in [0.25, 0.3) is 96.4 Å². The van der Waals surface area contributed by atoms with E-state index >= 15 is 0 Å². The van der Waals surface area contributed by atoms with Crippen LogP contribution in [0.2, 0.25) is 0 Å². The van der Waals surface area contributed by atoms with Gasteiger partial charge in [-0.3, -0.25) is 0 Å². The van der Waals surface area contributed by atoms with Crippen LogP contribution in [0.1, 0.15) is 0 Å². The molecule has 0 aliphatic rings. The number of fused-ring (bicyclic) bond motifs is 8. The van der Waals surface area contributed by atoms with Gasteiger partial charge in [-0.25, -0.2) is 15.0 Å². The molecule has 0 saturated heterocycles. The maximum Gasteiger partial charge on any atom is 0.164 e. The first-order valence-electron chi connectivity index (χ1n) is 15.9. The van der Waals surface area contributed by atoms with E-state index in [1.807, 2.05) is 40.9 Å². The van der Waals surface area contributed by atoms with Crippen molar-refractivity contribution in [2.24, 2.45) is 0 Å². The fourth-order valence-electron chi connectivity index (χ4n) is 6.89. The van der Waals surface area contributed by atoms with Crippen LogP contribution in [-0.2, 0) is 0 Å². The van der Waals surface area contributed by atoms with E-state index in [1.165, 1.54) is 45.7 Å². The van der Waals surface area contributed by atoms with Crippen LogP contribution < -0.4 is 0 Å². The zero-order valence-electron chi connectivity index (χ0n) is 25.6. The van der Waals surface area contributed by atoms with Gasteiger partial charge in [0, 0.05) is 62.4 Å². The van der Waals surface area contributed by atoms with Gasteiger partial charge in [0.25, 0.3) is 0 Å². The van der Waals surface area contributed by atoms with E-state index in [1.54, 1.807) is 0 Å². The lowest BCUT2D eigenvalue weighted by atomic mass is 9.98. The molecule has 3 nitrogen and oxygen atoms in total. The van der Waals surface area contributed by atoms with Gasteiger partial charge < -0.3 is 0 Å². The molecule has 0 spiro atoms. The Bertz CT molecular complexity index is 2840. The minimum atomic E-state index is 0.660. The number of rotatable bonds is 4. The molecular formula is C43H25N3S2. The second-order valence-corrected chi connectivity index (χ2v) is 14.1. The predicted octanol–water partition coefficient (Wildman–Crippen LogP) is 12.4. The van der Waals surface area contributed by atoms with E-state index < -0.39 is 0 Å². The maximum atomic E-state index is 5.38. The molecule has 0 amide bonds. The predicted molar refractivity (Wildman–Crippen MR) is 205 cm³/mol. The number of aromatic nitrogens is 3. The molecule has 0 unspecified atom stereocenters. The first-order chi connectivity index (χ1) is 23.8. The Labute approximate surface area is 284 Å². The Balaban J connectivity index is 1.32. The molecule has 0 atom stereocenters. The van der Waals surface area contributed by atoms with Gasteiger partial charge >= 0.3 is 0 Å². The summed E-state index contributed by atoms with van der Waals surface area (Å²) in [5, 5.41) is 7.22. The van der Waals surface area contributed by atoms with Gasteiger partial charge in [0.05, 0.1) is 0 Å². The Morgan fingerprint density at radius 3 is 1.65 bits per heavy atom. The van der Waals surface area contributed by atoms with Crippen LogP contribution >= 0.6 is 22.7 Å². The molecule has 0 radical (unpaired) electrons. The Morgan fingerprint density at radius 1 is 0.333 bits per heavy atom. The fraction of sp³-hybridized carbons (Fsp3) is 0. The van der Waals surface area contributed by atoms with E-state index in [0.29, 0.717) is 17.5 Å². The van der Waals surface area contributed by atoms with Crippen LogP contribution in [0.4, 0.5) is 0 Å². The van der Waals surface area contributed by atoms with Crippen molar-refractivity contribution in [2.45, 2.75) is 0 Å². The maximum absolute atomic E-state index is 5.38. The van der Waals surface area contributed by atoms with Gasteiger partial charge in [-0.1, -0.05) is 121 Å². The standard InChI is InChI=1S/C43H25N3S2/c1-3-13-26(14-4-1)28-23-35(39-32-20-10-12-22-37(32)47-38(39)24-28)43-45-41(27-15-5-2-6-16-27)44-42(46-43)34-25-33-30-18-9-11-21-36(30)48-40(33)31-19-8-7-17-29(31)34/h1-25H. The lowest BCUT2D eigenvalue weighted by Crippen LogP contribution is -2.01. The molecule has 0 saturated carbocycles. The van der Waals surface area contributed by atoms with Crippen molar-refractivity contribution in [3.05, 3.63) is 152 Å². The highest BCUT2D eigenvalue weighted by Crippen LogP contribution is 2.44. The molecule has 10 rings (SSSR count). The van der Waals surface area contributed by atoms with Gasteiger partial charge in [-0.05, 0) is 46.8 Å². The number of hydrogen-bond acceptors (Lipinski definition) is 5. The van der Waals surface area contributed by atoms with Crippen molar-refractivity contribution < 1.29 is 0 Å². The summed E-state index contributed by atoms with van der Waals surface area (Å²) in [6, 6.07) is 53.6. The second kappa shape index (κ2) is 10.9. The van der Waals surface area contributed by atoms with Crippen molar-refractivity contribution in [1.82, 2.24) is 15.0 Å². The number of hydrogen-bond donors (Lipinski definition) is 0. The van der Waals surface area contributed by atoms with Crippen LogP contribution in [0.3, 0.4) is 0 Å². The zero-order valence-corrected chi connectivity index (χ0v) is 27.2. The summed E-state index contributed by atoms with van der Waals surface area (Å²) in [5.41, 5.74) is 5.28. The molecule has 0 bridgehead atoms. The average molecular weight is 648 g/mol. The molecule has 5 heteroatoms. The van der Waals surface area contributed by atoms with Crippen molar-refractivity contribution in [3.63, 3.8) is 0 Å². The van der Waals surface area contributed by atoms with Crippen molar-refractivity contribution in [1.29, 1.82) is 0 Å². The summed E-state index contributed by atoms with van der Waals surface area (Å²) in [5.74, 6) is 2.00. The summed E-state index contributed by atoms with van der Waals surface area (Å²) in [7, 11) is 0. The first kappa shape index (κ1) is 27.4. The molecule has 7 aromatic carbocycles. The Hall–Kier alpha value is -5.75. The minimum Gasteiger partial charge on any atom is -0.208 e. The van der Waals surface area contributed by atoms with E-state index in [9.17, 15) is 0 Å². The second-order valence-electron chi connectivity index (χ2n) is 12.0. The topological polar surface area (TPSA) is 38.7 Å². The lowest BCUT2D eigenvalue weighted by Gasteiger charge is -2.13. The molecule has 3 heterocycles. The molecule has 0 aliphatic heterocycles. The van der Waals surface area contributed by atoms with E-state index in [4.69, 9.17) is 15.0 Å². The molecular weight excluding hydrogens is 623 g/mol. The fourth-order valence-corrected chi connectivity index (χ4v) is 9.29. The number of thiophene rings is 2. The first-order valence-corrected chi connectivity index (χ1v) is 17.6. The third-order valence-electron chi connectivity index (χ3n) is 9.12. The minimum absolute atomic E-state index is 0.660. The summed E-state index contributed by atoms with van der Waals surface area (Å²) in [6.45, 7) is 0. The third-order valence-corrected chi connectivity index (χ3v) is 11.5. The summed E-state index contributed by atoms with van der Waals surface area (Å²) < 4.78 is 5.03. The van der Waals surface area contributed by atoms with Gasteiger partial charge in [-0.2, -0.15) is 0 Å². The summed E-state index contributed by atoms with van der Waals surface area (Å²) >= 11 is 3.66. The van der Waals surface area contributed by atoms with Crippen LogP contribution in [0.15, 0.2) is 152 Å². The van der Waals surface area contributed by atoms with Crippen molar-refractivity contribution >= 4 is 73.8 Å². The molecule has 0 aliphatic carbocycles. The van der Waals surface area contributed by atoms with Gasteiger partial charge in [0.1, 0.15) is 0 Å². The highest BCUT2D eigenvalue weighted by Gasteiger charge is 2.21. The van der Waals surface area contributed by atoms with Crippen LogP contribution in [-0.4, -0.2) is 15.0 Å². The highest BCUT2D eigenvalue weighted by atomic mass is 32.1. The Kier molecular flexibility index (Phi) is 6.22. The lowest BCUT2D eigenvalue weighted by molar-refractivity contribution is 1.08. The largest absolute Gasteiger partial charge is 0.208 e. The molecule has 3 aromatic heterocycles. The molecule has 224 valence electrons. The van der Waals surface area contributed by atoms with E-state index in [2.05, 4.69) is 133 Å². The zero-order chi connectivity index (χ0) is 31.6. The average Bonchev–Trinajstić information content (AvgIpc) is 3.73. The number of benzene rings is 7. The molecule has 0 fully saturated rings. The Morgan fingerprint density at radius 2 is 0.896 bits per heavy atom. The van der Waals surface area contributed by atoms with E-state index in [-0.39, 0.29) is 0 Å². The summed E-state index contributed by atoms with van der Waals surface area (Å²) in [4.78, 5) is 15.8. The SMILES string of the molecule is c1ccc(-c2cc(-c3nc(-c4ccccc4)nc(-c4cc5c6ccccc6sc5c5ccccc45)n3)c3c(c2)sc2ccccc23)cc1. The number of nitrogens with zero attached hydrogens (tertiary/aromatic N) is 3. The van der Waals surface area contributed by atoms with Crippen LogP contribution in [0, 0.1) is 0 Å². The van der Waals surface area contributed by atoms with E-state index in [0.717, 1.165) is 33.2 Å². The third kappa shape index (κ3) is 4.36. The highest BCUT2D eigenvalue weighted by molar-refractivity contribution is 7.27. The van der Waals surface area contributed by atoms with Gasteiger partial charge in [-0.15, -0.1) is 22.7 Å². The molecule has 10 aromatic rings. The van der Waals surface area contributed by atoms with Gasteiger partial charge in [0.15, 0.2) is 17.5 Å². The summed E-state index contributed by atoms with van der Waals surface area (Å²) in [6.07, 6.45) is 0. The smallest absolute Gasteiger partial charge is 0.164 e. The molecule has 0 N–H and O–H groups in total. The normalized spacial score (nSPS) is 11.8. The molecule has 48 heavy (non-hydrogen) atoms. The van der Waals surface area contributed by atoms with Gasteiger partial charge in [0.2, 0.25) is 0 Å². The monoisotopic (exact) mass is 647 g/mol. The van der Waals surface area contributed by atoms with Crippen molar-refractivity contribution in [3.8, 4) is 45.3 Å². The van der Waals surface area contributed by atoms with Crippen molar-refractivity contribution in [2.75, 3.05) is 0 Å². The van der Waals surface area contributed by atoms with Crippen LogP contribution in [0.5, 0.6) is 0 Å².